The third-order valence-corrected chi connectivity index (χ3v) is 8.71. The lowest BCUT2D eigenvalue weighted by molar-refractivity contribution is -0.167. The van der Waals surface area contributed by atoms with Gasteiger partial charge in [0.2, 0.25) is 0 Å². The summed E-state index contributed by atoms with van der Waals surface area (Å²) in [7, 11) is 0. The van der Waals surface area contributed by atoms with Gasteiger partial charge >= 0.3 is 17.9 Å². The molecule has 0 fully saturated rings. The number of esters is 3. The minimum absolute atomic E-state index is 0.129. The number of hydrogen-bond acceptors (Lipinski definition) is 6. The van der Waals surface area contributed by atoms with Crippen molar-refractivity contribution in [2.75, 3.05) is 13.2 Å². The molecule has 0 amide bonds. The van der Waals surface area contributed by atoms with E-state index >= 15 is 0 Å². The van der Waals surface area contributed by atoms with Crippen LogP contribution in [0.4, 0.5) is 0 Å². The molecule has 0 aliphatic heterocycles. The molecule has 0 bridgehead atoms. The molecule has 0 aliphatic rings. The highest BCUT2D eigenvalue weighted by Crippen LogP contribution is 2.10. The SMILES string of the molecule is CC/C=C\C/C=C\C/C=C\C/C=C\C/C=C\CCCC(=O)OCC(COC(=O)CCCCC/C=C\C=C/CCCC)OC(=O)CCCC/C=C\C/C=C\C/C=C\CC. The van der Waals surface area contributed by atoms with Crippen LogP contribution in [0.1, 0.15) is 168 Å². The molecule has 0 radical (unpaired) electrons. The molecule has 0 N–H and O–H groups in total. The van der Waals surface area contributed by atoms with Crippen LogP contribution in [-0.2, 0) is 28.6 Å². The molecular weight excluding hydrogens is 721 g/mol. The van der Waals surface area contributed by atoms with Gasteiger partial charge in [0.1, 0.15) is 13.2 Å². The summed E-state index contributed by atoms with van der Waals surface area (Å²) in [5.74, 6) is -1.07. The highest BCUT2D eigenvalue weighted by Gasteiger charge is 2.19. The molecule has 324 valence electrons. The zero-order valence-electron chi connectivity index (χ0n) is 36.8. The van der Waals surface area contributed by atoms with Crippen molar-refractivity contribution in [1.29, 1.82) is 0 Å². The fraction of sp³-hybridized carbons (Fsp3) is 0.558. The Morgan fingerprint density at radius 1 is 0.379 bits per heavy atom. The lowest BCUT2D eigenvalue weighted by Gasteiger charge is -2.18. The molecule has 0 rings (SSSR count). The quantitative estimate of drug-likeness (QED) is 0.0203. The van der Waals surface area contributed by atoms with Crippen molar-refractivity contribution < 1.29 is 28.6 Å². The van der Waals surface area contributed by atoms with E-state index < -0.39 is 6.10 Å². The number of rotatable bonds is 38. The van der Waals surface area contributed by atoms with Gasteiger partial charge in [0, 0.05) is 19.3 Å². The van der Waals surface area contributed by atoms with Crippen molar-refractivity contribution >= 4 is 17.9 Å². The van der Waals surface area contributed by atoms with E-state index in [1.54, 1.807) is 0 Å². The highest BCUT2D eigenvalue weighted by atomic mass is 16.6. The molecule has 6 nitrogen and oxygen atoms in total. The van der Waals surface area contributed by atoms with Gasteiger partial charge in [-0.2, -0.15) is 0 Å². The first-order chi connectivity index (χ1) is 28.5. The molecule has 0 saturated heterocycles. The number of ether oxygens (including phenoxy) is 3. The van der Waals surface area contributed by atoms with E-state index in [2.05, 4.69) is 142 Å². The van der Waals surface area contributed by atoms with Crippen molar-refractivity contribution in [1.82, 2.24) is 0 Å². The molecule has 1 unspecified atom stereocenters. The van der Waals surface area contributed by atoms with Crippen LogP contribution in [0, 0.1) is 0 Å². The summed E-state index contributed by atoms with van der Waals surface area (Å²) in [5.41, 5.74) is 0. The average molecular weight is 801 g/mol. The van der Waals surface area contributed by atoms with Crippen LogP contribution in [0.5, 0.6) is 0 Å². The molecule has 0 aromatic heterocycles. The second kappa shape index (κ2) is 45.5. The first-order valence-electron chi connectivity index (χ1n) is 22.6. The van der Waals surface area contributed by atoms with Crippen LogP contribution in [-0.4, -0.2) is 37.2 Å². The van der Waals surface area contributed by atoms with Crippen molar-refractivity contribution in [2.24, 2.45) is 0 Å². The molecule has 0 spiro atoms. The first-order valence-corrected chi connectivity index (χ1v) is 22.6. The minimum Gasteiger partial charge on any atom is -0.462 e. The fourth-order valence-corrected chi connectivity index (χ4v) is 5.35. The topological polar surface area (TPSA) is 78.9 Å². The summed E-state index contributed by atoms with van der Waals surface area (Å²) in [5, 5.41) is 0. The van der Waals surface area contributed by atoms with Crippen molar-refractivity contribution in [3.8, 4) is 0 Å². The average Bonchev–Trinajstić information content (AvgIpc) is 3.22. The predicted molar refractivity (Wildman–Crippen MR) is 246 cm³/mol. The molecule has 0 saturated carbocycles. The number of hydrogen-bond donors (Lipinski definition) is 0. The molecule has 58 heavy (non-hydrogen) atoms. The largest absolute Gasteiger partial charge is 0.462 e. The molecule has 0 heterocycles. The Balaban J connectivity index is 4.58. The Morgan fingerprint density at radius 3 is 1.22 bits per heavy atom. The molecule has 6 heteroatoms. The predicted octanol–water partition coefficient (Wildman–Crippen LogP) is 14.6. The van der Waals surface area contributed by atoms with Crippen LogP contribution >= 0.6 is 0 Å². The Morgan fingerprint density at radius 2 is 0.741 bits per heavy atom. The zero-order valence-corrected chi connectivity index (χ0v) is 36.8. The van der Waals surface area contributed by atoms with E-state index in [1.807, 2.05) is 0 Å². The van der Waals surface area contributed by atoms with E-state index in [0.29, 0.717) is 19.3 Å². The standard InChI is InChI=1S/C52H80O6/c1-4-7-10-13-16-19-22-24-25-26-27-28-31-33-36-39-42-45-51(54)57-48-49(47-56-50(53)44-41-38-35-32-29-21-18-15-12-9-6-3)58-52(55)46-43-40-37-34-30-23-20-17-14-11-8-5-2/h7-8,10-11,15-21,24-25,27-30,33-34,36,49H,4-6,9,12-14,22-23,26,31-32,35,37-48H2,1-3H3/b10-7-,11-8-,18-15-,19-16-,20-17-,25-24-,28-27-,29-21-,34-30-,36-33-. The number of carbonyl (C=O) groups excluding carboxylic acids is 3. The maximum atomic E-state index is 12.7. The minimum atomic E-state index is -0.833. The normalized spacial score (nSPS) is 13.2. The van der Waals surface area contributed by atoms with Crippen LogP contribution in [0.15, 0.2) is 122 Å². The molecular formula is C52H80O6. The van der Waals surface area contributed by atoms with Gasteiger partial charge in [0.15, 0.2) is 6.10 Å². The van der Waals surface area contributed by atoms with E-state index in [0.717, 1.165) is 103 Å². The monoisotopic (exact) mass is 801 g/mol. The van der Waals surface area contributed by atoms with E-state index in [4.69, 9.17) is 14.2 Å². The number of unbranched alkanes of at least 4 members (excludes halogenated alkanes) is 8. The molecule has 1 atom stereocenters. The Kier molecular flexibility index (Phi) is 42.2. The summed E-state index contributed by atoms with van der Waals surface area (Å²) in [4.78, 5) is 37.7. The number of carbonyl (C=O) groups is 3. The van der Waals surface area contributed by atoms with Crippen molar-refractivity contribution in [3.63, 3.8) is 0 Å². The summed E-state index contributed by atoms with van der Waals surface area (Å²) >= 11 is 0. The second-order valence-corrected chi connectivity index (χ2v) is 14.2. The van der Waals surface area contributed by atoms with Crippen LogP contribution < -0.4 is 0 Å². The maximum absolute atomic E-state index is 12.7. The summed E-state index contributed by atoms with van der Waals surface area (Å²) in [6.07, 6.45) is 61.9. The van der Waals surface area contributed by atoms with Gasteiger partial charge in [0.25, 0.3) is 0 Å². The van der Waals surface area contributed by atoms with Gasteiger partial charge in [-0.25, -0.2) is 0 Å². The Labute approximate surface area is 354 Å². The van der Waals surface area contributed by atoms with Gasteiger partial charge < -0.3 is 14.2 Å². The van der Waals surface area contributed by atoms with Gasteiger partial charge in [-0.15, -0.1) is 0 Å². The van der Waals surface area contributed by atoms with Gasteiger partial charge in [-0.05, 0) is 109 Å². The Hall–Kier alpha value is -4.19. The lowest BCUT2D eigenvalue weighted by Crippen LogP contribution is -2.30. The lowest BCUT2D eigenvalue weighted by atomic mass is 10.1. The number of allylic oxidation sites excluding steroid dienone is 20. The van der Waals surface area contributed by atoms with Crippen LogP contribution in [0.25, 0.3) is 0 Å². The van der Waals surface area contributed by atoms with Gasteiger partial charge in [0.05, 0.1) is 0 Å². The van der Waals surface area contributed by atoms with Crippen LogP contribution in [0.2, 0.25) is 0 Å². The Bertz CT molecular complexity index is 1290. The van der Waals surface area contributed by atoms with Gasteiger partial charge in [-0.1, -0.05) is 162 Å². The highest BCUT2D eigenvalue weighted by molar-refractivity contribution is 5.71. The molecule has 0 aliphatic carbocycles. The summed E-state index contributed by atoms with van der Waals surface area (Å²) < 4.78 is 16.6. The zero-order chi connectivity index (χ0) is 42.3. The van der Waals surface area contributed by atoms with Crippen LogP contribution in [0.3, 0.4) is 0 Å². The third kappa shape index (κ3) is 42.9. The second-order valence-electron chi connectivity index (χ2n) is 14.2. The first kappa shape index (κ1) is 53.8. The van der Waals surface area contributed by atoms with Crippen molar-refractivity contribution in [3.05, 3.63) is 122 Å². The smallest absolute Gasteiger partial charge is 0.306 e. The van der Waals surface area contributed by atoms with E-state index in [9.17, 15) is 14.4 Å². The third-order valence-electron chi connectivity index (χ3n) is 8.71. The fourth-order valence-electron chi connectivity index (χ4n) is 5.35. The summed E-state index contributed by atoms with van der Waals surface area (Å²) in [6.45, 7) is 6.20. The van der Waals surface area contributed by atoms with E-state index in [-0.39, 0.29) is 44.0 Å². The van der Waals surface area contributed by atoms with Gasteiger partial charge in [-0.3, -0.25) is 14.4 Å². The van der Waals surface area contributed by atoms with E-state index in [1.165, 1.54) is 12.8 Å². The molecule has 0 aromatic carbocycles. The maximum Gasteiger partial charge on any atom is 0.306 e. The summed E-state index contributed by atoms with van der Waals surface area (Å²) in [6, 6.07) is 0. The molecule has 0 aromatic rings. The van der Waals surface area contributed by atoms with Crippen molar-refractivity contribution in [2.45, 2.75) is 175 Å².